The van der Waals surface area contributed by atoms with Crippen molar-refractivity contribution in [1.82, 2.24) is 10.6 Å². The van der Waals surface area contributed by atoms with E-state index in [2.05, 4.69) is 27.5 Å². The quantitative estimate of drug-likeness (QED) is 0.720. The van der Waals surface area contributed by atoms with Crippen LogP contribution in [0.4, 0.5) is 0 Å². The molecule has 0 aromatic carbocycles. The fraction of sp³-hybridized carbons (Fsp3) is 0.556. The fourth-order valence-electron chi connectivity index (χ4n) is 1.48. The number of hydrogen-bond donors (Lipinski definition) is 1. The second kappa shape index (κ2) is 4.03. The minimum atomic E-state index is 0.508. The molecular formula is C9H13N2S. The Hall–Kier alpha value is -0.380. The van der Waals surface area contributed by atoms with Gasteiger partial charge < -0.3 is 5.32 Å². The molecule has 0 bridgehead atoms. The van der Waals surface area contributed by atoms with E-state index in [0.29, 0.717) is 6.04 Å². The molecule has 0 aliphatic carbocycles. The van der Waals surface area contributed by atoms with Gasteiger partial charge in [0.15, 0.2) is 0 Å². The van der Waals surface area contributed by atoms with Gasteiger partial charge in [-0.25, -0.2) is 5.32 Å². The summed E-state index contributed by atoms with van der Waals surface area (Å²) >= 11 is 1.77. The van der Waals surface area contributed by atoms with E-state index in [1.807, 2.05) is 0 Å². The maximum Gasteiger partial charge on any atom is 0.0411 e. The van der Waals surface area contributed by atoms with Gasteiger partial charge in [0, 0.05) is 25.7 Å². The van der Waals surface area contributed by atoms with Crippen molar-refractivity contribution in [3.05, 3.63) is 22.4 Å². The van der Waals surface area contributed by atoms with E-state index < -0.39 is 0 Å². The molecule has 2 rings (SSSR count). The van der Waals surface area contributed by atoms with Crippen LogP contribution < -0.4 is 10.6 Å². The number of thiophene rings is 1. The second-order valence-electron chi connectivity index (χ2n) is 3.10. The van der Waals surface area contributed by atoms with Crippen molar-refractivity contribution >= 4 is 11.3 Å². The zero-order chi connectivity index (χ0) is 8.23. The van der Waals surface area contributed by atoms with Crippen LogP contribution in [0.1, 0.15) is 5.56 Å². The van der Waals surface area contributed by atoms with Crippen LogP contribution in [0.15, 0.2) is 16.8 Å². The van der Waals surface area contributed by atoms with Crippen LogP contribution in [-0.4, -0.2) is 25.7 Å². The number of nitrogens with zero attached hydrogens (tertiary/aromatic N) is 1. The Morgan fingerprint density at radius 3 is 3.33 bits per heavy atom. The molecule has 1 atom stereocenters. The zero-order valence-corrected chi connectivity index (χ0v) is 7.81. The molecule has 1 aliphatic rings. The molecule has 2 nitrogen and oxygen atoms in total. The summed E-state index contributed by atoms with van der Waals surface area (Å²) in [7, 11) is 0. The summed E-state index contributed by atoms with van der Waals surface area (Å²) < 4.78 is 0. The van der Waals surface area contributed by atoms with E-state index in [1.165, 1.54) is 5.56 Å². The minimum Gasteiger partial charge on any atom is -0.314 e. The molecule has 1 fully saturated rings. The second-order valence-corrected chi connectivity index (χ2v) is 3.88. The highest BCUT2D eigenvalue weighted by atomic mass is 32.1. The predicted octanol–water partition coefficient (Wildman–Crippen LogP) is 0.867. The van der Waals surface area contributed by atoms with Gasteiger partial charge in [-0.3, -0.25) is 0 Å². The lowest BCUT2D eigenvalue weighted by Crippen LogP contribution is -2.45. The fourth-order valence-corrected chi connectivity index (χ4v) is 2.16. The Morgan fingerprint density at radius 2 is 2.67 bits per heavy atom. The van der Waals surface area contributed by atoms with Crippen LogP contribution in [0.5, 0.6) is 0 Å². The van der Waals surface area contributed by atoms with Gasteiger partial charge in [-0.2, -0.15) is 11.3 Å². The molecule has 1 aromatic rings. The molecule has 1 unspecified atom stereocenters. The smallest absolute Gasteiger partial charge is 0.0411 e. The first-order chi connectivity index (χ1) is 5.95. The van der Waals surface area contributed by atoms with Crippen LogP contribution in [0.3, 0.4) is 0 Å². The third-order valence-corrected chi connectivity index (χ3v) is 2.84. The number of piperazine rings is 1. The highest BCUT2D eigenvalue weighted by Crippen LogP contribution is 2.09. The molecule has 1 saturated heterocycles. The summed E-state index contributed by atoms with van der Waals surface area (Å²) in [5, 5.41) is 12.2. The van der Waals surface area contributed by atoms with Gasteiger partial charge in [0.05, 0.1) is 0 Å². The van der Waals surface area contributed by atoms with E-state index in [9.17, 15) is 0 Å². The molecular weight excluding hydrogens is 168 g/mol. The van der Waals surface area contributed by atoms with Gasteiger partial charge in [0.1, 0.15) is 0 Å². The molecule has 2 heterocycles. The number of rotatable bonds is 2. The molecule has 3 heteroatoms. The highest BCUT2D eigenvalue weighted by molar-refractivity contribution is 7.07. The maximum absolute atomic E-state index is 4.55. The van der Waals surface area contributed by atoms with Crippen LogP contribution in [-0.2, 0) is 6.42 Å². The summed E-state index contributed by atoms with van der Waals surface area (Å²) in [6, 6.07) is 2.70. The lowest BCUT2D eigenvalue weighted by Gasteiger charge is -2.22. The van der Waals surface area contributed by atoms with Gasteiger partial charge in [0.25, 0.3) is 0 Å². The molecule has 1 aliphatic heterocycles. The Kier molecular flexibility index (Phi) is 2.76. The van der Waals surface area contributed by atoms with E-state index in [4.69, 9.17) is 0 Å². The molecule has 0 spiro atoms. The van der Waals surface area contributed by atoms with Crippen LogP contribution in [0.2, 0.25) is 0 Å². The van der Waals surface area contributed by atoms with Crippen molar-refractivity contribution in [1.29, 1.82) is 0 Å². The molecule has 1 aromatic heterocycles. The van der Waals surface area contributed by atoms with Crippen molar-refractivity contribution in [2.24, 2.45) is 0 Å². The van der Waals surface area contributed by atoms with Gasteiger partial charge in [0.2, 0.25) is 0 Å². The topological polar surface area (TPSA) is 26.1 Å². The summed E-state index contributed by atoms with van der Waals surface area (Å²) in [6.45, 7) is 3.09. The zero-order valence-electron chi connectivity index (χ0n) is 6.99. The van der Waals surface area contributed by atoms with Crippen LogP contribution >= 0.6 is 11.3 Å². The van der Waals surface area contributed by atoms with Crippen molar-refractivity contribution in [2.75, 3.05) is 19.6 Å². The Labute approximate surface area is 77.0 Å². The lowest BCUT2D eigenvalue weighted by atomic mass is 10.1. The van der Waals surface area contributed by atoms with Gasteiger partial charge in [-0.1, -0.05) is 0 Å². The summed E-state index contributed by atoms with van der Waals surface area (Å²) in [5.74, 6) is 0. The molecule has 1 N–H and O–H groups in total. The normalized spacial score (nSPS) is 24.2. The van der Waals surface area contributed by atoms with Gasteiger partial charge in [-0.15, -0.1) is 0 Å². The monoisotopic (exact) mass is 181 g/mol. The maximum atomic E-state index is 4.55. The Bertz CT molecular complexity index is 214. The first-order valence-electron chi connectivity index (χ1n) is 4.33. The van der Waals surface area contributed by atoms with E-state index in [1.54, 1.807) is 11.3 Å². The molecule has 0 saturated carbocycles. The predicted molar refractivity (Wildman–Crippen MR) is 51.7 cm³/mol. The average Bonchev–Trinajstić information content (AvgIpc) is 2.59. The standard InChI is InChI=1S/C9H13N2S/c1-4-12-7-8(1)5-9-6-10-2-3-11-9/h1,4,7,9-10H,2-3,5-6H2. The molecule has 65 valence electrons. The van der Waals surface area contributed by atoms with Gasteiger partial charge >= 0.3 is 0 Å². The lowest BCUT2D eigenvalue weighted by molar-refractivity contribution is 0.409. The van der Waals surface area contributed by atoms with Crippen LogP contribution in [0, 0.1) is 0 Å². The van der Waals surface area contributed by atoms with Crippen LogP contribution in [0.25, 0.3) is 0 Å². The number of hydrogen-bond acceptors (Lipinski definition) is 2. The third-order valence-electron chi connectivity index (χ3n) is 2.11. The van der Waals surface area contributed by atoms with E-state index in [0.717, 1.165) is 26.1 Å². The third kappa shape index (κ3) is 2.06. The van der Waals surface area contributed by atoms with Crippen molar-refractivity contribution in [2.45, 2.75) is 12.5 Å². The highest BCUT2D eigenvalue weighted by Gasteiger charge is 2.13. The molecule has 0 amide bonds. The molecule has 12 heavy (non-hydrogen) atoms. The Balaban J connectivity index is 1.86. The average molecular weight is 181 g/mol. The number of nitrogens with one attached hydrogen (secondary N) is 1. The summed E-state index contributed by atoms with van der Waals surface area (Å²) in [5.41, 5.74) is 1.43. The first-order valence-corrected chi connectivity index (χ1v) is 5.28. The minimum absolute atomic E-state index is 0.508. The van der Waals surface area contributed by atoms with Crippen molar-refractivity contribution < 1.29 is 0 Å². The Morgan fingerprint density at radius 1 is 1.67 bits per heavy atom. The van der Waals surface area contributed by atoms with Crippen molar-refractivity contribution in [3.63, 3.8) is 0 Å². The summed E-state index contributed by atoms with van der Waals surface area (Å²) in [6.07, 6.45) is 1.11. The summed E-state index contributed by atoms with van der Waals surface area (Å²) in [4.78, 5) is 0. The first kappa shape index (κ1) is 8.23. The van der Waals surface area contributed by atoms with E-state index in [-0.39, 0.29) is 0 Å². The van der Waals surface area contributed by atoms with Gasteiger partial charge in [-0.05, 0) is 28.8 Å². The molecule has 1 radical (unpaired) electrons. The largest absolute Gasteiger partial charge is 0.314 e. The van der Waals surface area contributed by atoms with Crippen molar-refractivity contribution in [3.8, 4) is 0 Å². The SMILES string of the molecule is c1cc(CC2CNCC[N]2)cs1. The van der Waals surface area contributed by atoms with E-state index >= 15 is 0 Å².